The first kappa shape index (κ1) is 30.5. The Morgan fingerprint density at radius 3 is 2.34 bits per heavy atom. The van der Waals surface area contributed by atoms with Gasteiger partial charge in [0.15, 0.2) is 28.8 Å². The van der Waals surface area contributed by atoms with Crippen molar-refractivity contribution in [3.63, 3.8) is 0 Å². The Hall–Kier alpha value is -3.50. The van der Waals surface area contributed by atoms with E-state index in [9.17, 15) is 14.7 Å². The normalized spacial score (nSPS) is 18.7. The average molecular weight is 631 g/mol. The third kappa shape index (κ3) is 6.38. The highest BCUT2D eigenvalue weighted by Crippen LogP contribution is 2.48. The Labute approximate surface area is 248 Å². The van der Waals surface area contributed by atoms with Crippen LogP contribution in [-0.2, 0) is 19.1 Å². The van der Waals surface area contributed by atoms with Gasteiger partial charge in [0.25, 0.3) is 0 Å². The minimum absolute atomic E-state index is 0.00625. The number of aromatic hydroxyl groups is 1. The number of Topliss-reactive ketones (excluding diaryl/α,β-unsaturated/α-hetero) is 1. The molecule has 4 rings (SSSR count). The third-order valence-electron chi connectivity index (χ3n) is 7.30. The van der Waals surface area contributed by atoms with Crippen LogP contribution in [0.4, 0.5) is 0 Å². The molecule has 1 aliphatic carbocycles. The van der Waals surface area contributed by atoms with Crippen molar-refractivity contribution >= 4 is 27.7 Å². The molecule has 0 spiro atoms. The van der Waals surface area contributed by atoms with E-state index in [0.717, 1.165) is 11.3 Å². The number of hydrogen-bond acceptors (Lipinski definition) is 9. The molecule has 0 fully saturated rings. The number of phenolic OH excluding ortho intramolecular Hbond substituents is 1. The minimum atomic E-state index is -0.727. The fraction of sp³-hybridized carbons (Fsp3) is 0.419. The summed E-state index contributed by atoms with van der Waals surface area (Å²) in [7, 11) is 4.61. The zero-order valence-corrected chi connectivity index (χ0v) is 25.7. The lowest BCUT2D eigenvalue weighted by molar-refractivity contribution is -0.141. The van der Waals surface area contributed by atoms with Gasteiger partial charge in [0.2, 0.25) is 0 Å². The molecule has 10 heteroatoms. The summed E-state index contributed by atoms with van der Waals surface area (Å²) < 4.78 is 27.8. The summed E-state index contributed by atoms with van der Waals surface area (Å²) in [6.07, 6.45) is 0.796. The van der Waals surface area contributed by atoms with E-state index in [1.165, 1.54) is 7.11 Å². The number of carbonyl (C=O) groups excluding carboxylic acids is 2. The van der Waals surface area contributed by atoms with Crippen LogP contribution in [0.1, 0.15) is 56.6 Å². The molecule has 9 nitrogen and oxygen atoms in total. The maximum absolute atomic E-state index is 13.9. The first-order valence-electron chi connectivity index (χ1n) is 13.4. The van der Waals surface area contributed by atoms with E-state index >= 15 is 0 Å². The number of rotatable bonds is 10. The highest BCUT2D eigenvalue weighted by Gasteiger charge is 2.42. The summed E-state index contributed by atoms with van der Waals surface area (Å²) in [5.74, 6) is -0.114. The quantitative estimate of drug-likeness (QED) is 0.259. The predicted octanol–water partition coefficient (Wildman–Crippen LogP) is 5.51. The summed E-state index contributed by atoms with van der Waals surface area (Å²) >= 11 is 3.39. The summed E-state index contributed by atoms with van der Waals surface area (Å²) in [6.45, 7) is 5.94. The van der Waals surface area contributed by atoms with Crippen molar-refractivity contribution in [1.29, 1.82) is 0 Å². The fourth-order valence-corrected chi connectivity index (χ4v) is 5.86. The topological polar surface area (TPSA) is 113 Å². The molecule has 2 aromatic rings. The van der Waals surface area contributed by atoms with Crippen LogP contribution < -0.4 is 19.5 Å². The number of hydrogen-bond donors (Lipinski definition) is 2. The molecule has 0 amide bonds. The second kappa shape index (κ2) is 13.0. The Morgan fingerprint density at radius 2 is 1.68 bits per heavy atom. The second-order valence-corrected chi connectivity index (χ2v) is 11.1. The predicted molar refractivity (Wildman–Crippen MR) is 157 cm³/mol. The van der Waals surface area contributed by atoms with Gasteiger partial charge >= 0.3 is 5.97 Å². The zero-order chi connectivity index (χ0) is 29.8. The number of methoxy groups -OCH3 is 3. The van der Waals surface area contributed by atoms with Gasteiger partial charge in [-0.05, 0) is 84.4 Å². The van der Waals surface area contributed by atoms with Crippen LogP contribution in [0.25, 0.3) is 0 Å². The van der Waals surface area contributed by atoms with Gasteiger partial charge < -0.3 is 34.1 Å². The van der Waals surface area contributed by atoms with Gasteiger partial charge in [-0.25, -0.2) is 4.79 Å². The number of ether oxygens (including phenoxy) is 5. The average Bonchev–Trinajstić information content (AvgIpc) is 2.95. The molecule has 0 bridgehead atoms. The SMILES string of the molecule is COc1ccc([C@H]2CC(=O)C3=C(C2)NC(C)=C(C(=O)OCCOC(C)C)[C@H]3c2cc(Br)c(O)c(OC)c2)cc1OC. The lowest BCUT2D eigenvalue weighted by Gasteiger charge is -2.37. The van der Waals surface area contributed by atoms with E-state index < -0.39 is 11.9 Å². The molecule has 2 atom stereocenters. The maximum Gasteiger partial charge on any atom is 0.336 e. The number of halogens is 1. The molecule has 2 aromatic carbocycles. The Kier molecular flexibility index (Phi) is 9.65. The van der Waals surface area contributed by atoms with Gasteiger partial charge in [0.05, 0.1) is 44.1 Å². The summed E-state index contributed by atoms with van der Waals surface area (Å²) in [4.78, 5) is 27.5. The summed E-state index contributed by atoms with van der Waals surface area (Å²) in [6, 6.07) is 9.03. The number of nitrogens with one attached hydrogen (secondary N) is 1. The number of allylic oxidation sites excluding steroid dienone is 3. The number of benzene rings is 2. The van der Waals surface area contributed by atoms with E-state index in [4.69, 9.17) is 23.7 Å². The Morgan fingerprint density at radius 1 is 1.00 bits per heavy atom. The van der Waals surface area contributed by atoms with Crippen LogP contribution in [0.15, 0.2) is 57.3 Å². The number of phenols is 1. The smallest absolute Gasteiger partial charge is 0.336 e. The van der Waals surface area contributed by atoms with Crippen LogP contribution in [0, 0.1) is 0 Å². The largest absolute Gasteiger partial charge is 0.503 e. The molecule has 1 aliphatic heterocycles. The van der Waals surface area contributed by atoms with Crippen LogP contribution in [0.3, 0.4) is 0 Å². The molecule has 0 saturated heterocycles. The first-order chi connectivity index (χ1) is 19.6. The molecule has 41 heavy (non-hydrogen) atoms. The summed E-state index contributed by atoms with van der Waals surface area (Å²) in [5.41, 5.74) is 3.72. The molecule has 220 valence electrons. The zero-order valence-electron chi connectivity index (χ0n) is 24.1. The number of esters is 1. The minimum Gasteiger partial charge on any atom is -0.503 e. The Balaban J connectivity index is 1.76. The molecule has 0 radical (unpaired) electrons. The van der Waals surface area contributed by atoms with Gasteiger partial charge in [-0.2, -0.15) is 0 Å². The summed E-state index contributed by atoms with van der Waals surface area (Å²) in [5, 5.41) is 13.8. The lowest BCUT2D eigenvalue weighted by atomic mass is 9.71. The maximum atomic E-state index is 13.9. The van der Waals surface area contributed by atoms with Crippen molar-refractivity contribution in [1.82, 2.24) is 5.32 Å². The van der Waals surface area contributed by atoms with Crippen molar-refractivity contribution in [2.45, 2.75) is 51.6 Å². The van der Waals surface area contributed by atoms with Gasteiger partial charge in [0.1, 0.15) is 6.61 Å². The standard InChI is InChI=1S/C31H36BrNO8/c1-16(2)40-9-10-41-31(36)27-17(3)33-22-12-19(18-7-8-24(37-4)25(14-18)38-5)13-23(34)29(22)28(27)20-11-21(32)30(35)26(15-20)39-6/h7-8,11,14-16,19,28,33,35H,9-10,12-13H2,1-6H3/t19-,28-/m1/s1. The number of dihydropyridines is 1. The molecular formula is C31H36BrNO8. The van der Waals surface area contributed by atoms with E-state index in [-0.39, 0.29) is 48.9 Å². The van der Waals surface area contributed by atoms with Crippen LogP contribution >= 0.6 is 15.9 Å². The van der Waals surface area contributed by atoms with Gasteiger partial charge in [-0.15, -0.1) is 0 Å². The highest BCUT2D eigenvalue weighted by molar-refractivity contribution is 9.10. The van der Waals surface area contributed by atoms with Crippen LogP contribution in [0.5, 0.6) is 23.0 Å². The third-order valence-corrected chi connectivity index (χ3v) is 7.90. The molecule has 0 saturated carbocycles. The number of ketones is 1. The number of carbonyl (C=O) groups is 2. The fourth-order valence-electron chi connectivity index (χ4n) is 5.40. The van der Waals surface area contributed by atoms with Crippen molar-refractivity contribution < 1.29 is 38.4 Å². The molecule has 0 unspecified atom stereocenters. The van der Waals surface area contributed by atoms with Crippen LogP contribution in [0.2, 0.25) is 0 Å². The second-order valence-electron chi connectivity index (χ2n) is 10.2. The van der Waals surface area contributed by atoms with E-state index in [1.54, 1.807) is 33.3 Å². The first-order valence-corrected chi connectivity index (χ1v) is 14.2. The molecule has 0 aromatic heterocycles. The molecule has 2 N–H and O–H groups in total. The van der Waals surface area contributed by atoms with E-state index in [1.807, 2.05) is 32.0 Å². The van der Waals surface area contributed by atoms with Gasteiger partial charge in [-0.1, -0.05) is 6.07 Å². The van der Waals surface area contributed by atoms with Gasteiger partial charge in [-0.3, -0.25) is 4.79 Å². The molecule has 1 heterocycles. The van der Waals surface area contributed by atoms with E-state index in [0.29, 0.717) is 44.8 Å². The van der Waals surface area contributed by atoms with Crippen molar-refractivity contribution in [3.8, 4) is 23.0 Å². The van der Waals surface area contributed by atoms with Crippen molar-refractivity contribution in [2.24, 2.45) is 0 Å². The molecule has 2 aliphatic rings. The van der Waals surface area contributed by atoms with Crippen molar-refractivity contribution in [2.75, 3.05) is 34.5 Å². The van der Waals surface area contributed by atoms with Crippen molar-refractivity contribution in [3.05, 3.63) is 68.5 Å². The lowest BCUT2D eigenvalue weighted by Crippen LogP contribution is -2.36. The Bertz CT molecular complexity index is 1400. The monoisotopic (exact) mass is 629 g/mol. The van der Waals surface area contributed by atoms with Crippen LogP contribution in [-0.4, -0.2) is 57.5 Å². The van der Waals surface area contributed by atoms with Gasteiger partial charge in [0, 0.05) is 29.3 Å². The van der Waals surface area contributed by atoms with E-state index in [2.05, 4.69) is 21.2 Å². The highest BCUT2D eigenvalue weighted by atomic mass is 79.9. The molecular weight excluding hydrogens is 594 g/mol.